The fourth-order valence-corrected chi connectivity index (χ4v) is 4.43. The Hall–Kier alpha value is -2.52. The van der Waals surface area contributed by atoms with Crippen LogP contribution in [0.2, 0.25) is 5.02 Å². The number of aromatic nitrogens is 2. The van der Waals surface area contributed by atoms with E-state index in [4.69, 9.17) is 11.6 Å². The van der Waals surface area contributed by atoms with Gasteiger partial charge >= 0.3 is 0 Å². The van der Waals surface area contributed by atoms with E-state index < -0.39 is 0 Å². The van der Waals surface area contributed by atoms with Crippen LogP contribution in [0.3, 0.4) is 0 Å². The number of nitrogens with zero attached hydrogens (tertiary/aromatic N) is 2. The molecule has 1 fully saturated rings. The Morgan fingerprint density at radius 2 is 1.74 bits per heavy atom. The first-order valence-electron chi connectivity index (χ1n) is 11.0. The van der Waals surface area contributed by atoms with E-state index in [-0.39, 0.29) is 17.1 Å². The molecular formula is C27H29ClN2O. The lowest BCUT2D eigenvalue weighted by molar-refractivity contribution is 0.0917. The Morgan fingerprint density at radius 1 is 1.06 bits per heavy atom. The maximum absolute atomic E-state index is 13.4. The highest BCUT2D eigenvalue weighted by molar-refractivity contribution is 6.30. The van der Waals surface area contributed by atoms with E-state index >= 15 is 0 Å². The van der Waals surface area contributed by atoms with Gasteiger partial charge in [0, 0.05) is 28.8 Å². The first kappa shape index (κ1) is 21.7. The van der Waals surface area contributed by atoms with Gasteiger partial charge in [0.2, 0.25) is 0 Å². The molecule has 4 heteroatoms. The molecule has 160 valence electrons. The summed E-state index contributed by atoms with van der Waals surface area (Å²) in [6.45, 7) is 8.68. The van der Waals surface area contributed by atoms with Crippen molar-refractivity contribution in [3.63, 3.8) is 0 Å². The Kier molecular flexibility index (Phi) is 5.98. The lowest BCUT2D eigenvalue weighted by Gasteiger charge is -2.23. The molecule has 0 amide bonds. The minimum absolute atomic E-state index is 0.0342. The molecule has 1 aromatic heterocycles. The number of ketones is 1. The summed E-state index contributed by atoms with van der Waals surface area (Å²) in [6, 6.07) is 13.9. The van der Waals surface area contributed by atoms with Gasteiger partial charge in [0.05, 0.1) is 5.69 Å². The van der Waals surface area contributed by atoms with Gasteiger partial charge in [0.1, 0.15) is 6.33 Å². The summed E-state index contributed by atoms with van der Waals surface area (Å²) < 4.78 is 0. The first-order chi connectivity index (χ1) is 14.7. The molecule has 0 saturated heterocycles. The SMILES string of the molecule is CC(C)c1ncncc1-c1cc(C(=O)CC(C)(C)C2CC2)cc(-c2ccc(Cl)cc2)c1. The molecule has 31 heavy (non-hydrogen) atoms. The average molecular weight is 433 g/mol. The van der Waals surface area contributed by atoms with E-state index in [1.807, 2.05) is 42.6 Å². The average Bonchev–Trinajstić information content (AvgIpc) is 3.60. The van der Waals surface area contributed by atoms with Crippen LogP contribution in [0.1, 0.15) is 68.9 Å². The molecule has 2 aromatic carbocycles. The zero-order valence-electron chi connectivity index (χ0n) is 18.7. The molecule has 0 spiro atoms. The van der Waals surface area contributed by atoms with Crippen molar-refractivity contribution in [1.29, 1.82) is 0 Å². The zero-order valence-corrected chi connectivity index (χ0v) is 19.4. The molecule has 0 atom stereocenters. The normalized spacial score (nSPS) is 14.1. The first-order valence-corrected chi connectivity index (χ1v) is 11.4. The summed E-state index contributed by atoms with van der Waals surface area (Å²) in [5.41, 5.74) is 5.75. The van der Waals surface area contributed by atoms with E-state index in [0.717, 1.165) is 33.5 Å². The predicted molar refractivity (Wildman–Crippen MR) is 127 cm³/mol. The molecule has 1 aliphatic rings. The van der Waals surface area contributed by atoms with Crippen LogP contribution in [0.25, 0.3) is 22.3 Å². The topological polar surface area (TPSA) is 42.9 Å². The molecule has 0 unspecified atom stereocenters. The summed E-state index contributed by atoms with van der Waals surface area (Å²) in [7, 11) is 0. The van der Waals surface area contributed by atoms with Crippen LogP contribution in [0.5, 0.6) is 0 Å². The predicted octanol–water partition coefficient (Wildman–Crippen LogP) is 7.60. The fourth-order valence-electron chi connectivity index (χ4n) is 4.30. The van der Waals surface area contributed by atoms with Crippen molar-refractivity contribution >= 4 is 17.4 Å². The summed E-state index contributed by atoms with van der Waals surface area (Å²) in [5, 5.41) is 0.695. The summed E-state index contributed by atoms with van der Waals surface area (Å²) in [5.74, 6) is 1.10. The highest BCUT2D eigenvalue weighted by atomic mass is 35.5. The van der Waals surface area contributed by atoms with Gasteiger partial charge in [-0.3, -0.25) is 4.79 Å². The van der Waals surface area contributed by atoms with Crippen molar-refractivity contribution in [3.05, 3.63) is 71.3 Å². The quantitative estimate of drug-likeness (QED) is 0.361. The lowest BCUT2D eigenvalue weighted by Crippen LogP contribution is -2.19. The van der Waals surface area contributed by atoms with E-state index in [2.05, 4.69) is 43.7 Å². The van der Waals surface area contributed by atoms with Crippen LogP contribution in [0.4, 0.5) is 0 Å². The van der Waals surface area contributed by atoms with Crippen LogP contribution in [0, 0.1) is 11.3 Å². The minimum Gasteiger partial charge on any atom is -0.294 e. The molecule has 1 heterocycles. The maximum Gasteiger partial charge on any atom is 0.163 e. The van der Waals surface area contributed by atoms with Gasteiger partial charge in [0.25, 0.3) is 0 Å². The molecule has 1 saturated carbocycles. The number of hydrogen-bond acceptors (Lipinski definition) is 3. The number of rotatable bonds is 7. The summed E-state index contributed by atoms with van der Waals surface area (Å²) in [4.78, 5) is 22.2. The van der Waals surface area contributed by atoms with Crippen molar-refractivity contribution < 1.29 is 4.79 Å². The molecule has 3 nitrogen and oxygen atoms in total. The molecule has 0 radical (unpaired) electrons. The maximum atomic E-state index is 13.4. The molecule has 0 N–H and O–H groups in total. The Morgan fingerprint density at radius 3 is 2.39 bits per heavy atom. The third-order valence-electron chi connectivity index (χ3n) is 6.33. The minimum atomic E-state index is 0.0342. The molecule has 4 rings (SSSR count). The van der Waals surface area contributed by atoms with Crippen molar-refractivity contribution in [2.45, 2.75) is 52.9 Å². The number of hydrogen-bond donors (Lipinski definition) is 0. The van der Waals surface area contributed by atoms with Crippen LogP contribution in [-0.4, -0.2) is 15.8 Å². The number of carbonyl (C=O) groups excluding carboxylic acids is 1. The second-order valence-corrected chi connectivity index (χ2v) is 10.1. The summed E-state index contributed by atoms with van der Waals surface area (Å²) in [6.07, 6.45) is 6.46. The van der Waals surface area contributed by atoms with Gasteiger partial charge in [0.15, 0.2) is 5.78 Å². The molecular weight excluding hydrogens is 404 g/mol. The van der Waals surface area contributed by atoms with Gasteiger partial charge in [-0.15, -0.1) is 0 Å². The fraction of sp³-hybridized carbons (Fsp3) is 0.370. The standard InChI is InChI=1S/C27H29ClN2O/c1-17(2)26-24(15-29-16-30-26)20-11-19(18-5-9-23(28)10-6-18)12-21(13-20)25(31)14-27(3,4)22-7-8-22/h5-6,9-13,15-17,22H,7-8,14H2,1-4H3. The van der Waals surface area contributed by atoms with Gasteiger partial charge in [-0.2, -0.15) is 0 Å². The molecule has 0 aliphatic heterocycles. The second-order valence-electron chi connectivity index (χ2n) is 9.65. The lowest BCUT2D eigenvalue weighted by atomic mass is 9.80. The Labute approximate surface area is 189 Å². The van der Waals surface area contributed by atoms with Crippen LogP contribution in [-0.2, 0) is 0 Å². The van der Waals surface area contributed by atoms with Gasteiger partial charge < -0.3 is 0 Å². The zero-order chi connectivity index (χ0) is 22.2. The van der Waals surface area contributed by atoms with Gasteiger partial charge in [-0.25, -0.2) is 9.97 Å². The van der Waals surface area contributed by atoms with Gasteiger partial charge in [-0.05, 0) is 77.1 Å². The third kappa shape index (κ3) is 4.88. The number of halogens is 1. The van der Waals surface area contributed by atoms with Crippen molar-refractivity contribution in [3.8, 4) is 22.3 Å². The Balaban J connectivity index is 1.81. The van der Waals surface area contributed by atoms with Crippen molar-refractivity contribution in [2.75, 3.05) is 0 Å². The molecule has 1 aliphatic carbocycles. The van der Waals surface area contributed by atoms with Gasteiger partial charge in [-0.1, -0.05) is 51.4 Å². The van der Waals surface area contributed by atoms with Crippen LogP contribution in [0.15, 0.2) is 55.0 Å². The van der Waals surface area contributed by atoms with E-state index in [0.29, 0.717) is 17.4 Å². The van der Waals surface area contributed by atoms with E-state index in [1.54, 1.807) is 6.33 Å². The summed E-state index contributed by atoms with van der Waals surface area (Å²) >= 11 is 6.10. The molecule has 3 aromatic rings. The smallest absolute Gasteiger partial charge is 0.163 e. The highest BCUT2D eigenvalue weighted by Crippen LogP contribution is 2.47. The number of carbonyl (C=O) groups is 1. The number of benzene rings is 2. The third-order valence-corrected chi connectivity index (χ3v) is 6.58. The monoisotopic (exact) mass is 432 g/mol. The van der Waals surface area contributed by atoms with E-state index in [9.17, 15) is 4.79 Å². The molecule has 0 bridgehead atoms. The largest absolute Gasteiger partial charge is 0.294 e. The highest BCUT2D eigenvalue weighted by Gasteiger charge is 2.39. The van der Waals surface area contributed by atoms with Crippen LogP contribution < -0.4 is 0 Å². The number of Topliss-reactive ketones (excluding diaryl/α,β-unsaturated/α-hetero) is 1. The Bertz CT molecular complexity index is 1100. The van der Waals surface area contributed by atoms with Crippen molar-refractivity contribution in [2.24, 2.45) is 11.3 Å². The van der Waals surface area contributed by atoms with Crippen LogP contribution >= 0.6 is 11.6 Å². The van der Waals surface area contributed by atoms with E-state index in [1.165, 1.54) is 12.8 Å². The second kappa shape index (κ2) is 8.55. The van der Waals surface area contributed by atoms with Crippen molar-refractivity contribution in [1.82, 2.24) is 9.97 Å².